The molecule has 0 aliphatic heterocycles. The lowest BCUT2D eigenvalue weighted by molar-refractivity contribution is 0.386. The predicted molar refractivity (Wildman–Crippen MR) is 70.6 cm³/mol. The third kappa shape index (κ3) is 2.76. The van der Waals surface area contributed by atoms with Crippen LogP contribution in [-0.2, 0) is 0 Å². The van der Waals surface area contributed by atoms with E-state index in [0.29, 0.717) is 10.6 Å². The highest BCUT2D eigenvalue weighted by Gasteiger charge is 2.09. The SMILES string of the molecule is CCCNc1nnc(-c2ccc(OC)c(F)c2)s1. The van der Waals surface area contributed by atoms with Gasteiger partial charge in [0.25, 0.3) is 0 Å². The van der Waals surface area contributed by atoms with Crippen LogP contribution in [0.1, 0.15) is 13.3 Å². The highest BCUT2D eigenvalue weighted by atomic mass is 32.1. The molecule has 0 aliphatic carbocycles. The van der Waals surface area contributed by atoms with E-state index in [9.17, 15) is 4.39 Å². The van der Waals surface area contributed by atoms with Gasteiger partial charge in [0, 0.05) is 12.1 Å². The van der Waals surface area contributed by atoms with E-state index >= 15 is 0 Å². The number of ether oxygens (including phenoxy) is 1. The van der Waals surface area contributed by atoms with Crippen LogP contribution in [0.2, 0.25) is 0 Å². The average molecular weight is 267 g/mol. The third-order valence-corrected chi connectivity index (χ3v) is 3.28. The standard InChI is InChI=1S/C12H14FN3OS/c1-3-6-14-12-16-15-11(18-12)8-4-5-10(17-2)9(13)7-8/h4-5,7H,3,6H2,1-2H3,(H,14,16). The van der Waals surface area contributed by atoms with Crippen molar-refractivity contribution >= 4 is 16.5 Å². The van der Waals surface area contributed by atoms with E-state index in [1.807, 2.05) is 0 Å². The third-order valence-electron chi connectivity index (χ3n) is 2.35. The van der Waals surface area contributed by atoms with Crippen molar-refractivity contribution in [3.63, 3.8) is 0 Å². The van der Waals surface area contributed by atoms with Crippen LogP contribution in [-0.4, -0.2) is 23.9 Å². The van der Waals surface area contributed by atoms with Gasteiger partial charge in [-0.15, -0.1) is 10.2 Å². The number of rotatable bonds is 5. The lowest BCUT2D eigenvalue weighted by atomic mass is 10.2. The summed E-state index contributed by atoms with van der Waals surface area (Å²) < 4.78 is 18.4. The highest BCUT2D eigenvalue weighted by Crippen LogP contribution is 2.29. The van der Waals surface area contributed by atoms with Crippen LogP contribution in [0.4, 0.5) is 9.52 Å². The van der Waals surface area contributed by atoms with Gasteiger partial charge in [-0.2, -0.15) is 0 Å². The Morgan fingerprint density at radius 3 is 2.89 bits per heavy atom. The molecule has 1 aromatic carbocycles. The topological polar surface area (TPSA) is 47.0 Å². The van der Waals surface area contributed by atoms with Crippen LogP contribution in [0.5, 0.6) is 5.75 Å². The Morgan fingerprint density at radius 1 is 1.39 bits per heavy atom. The van der Waals surface area contributed by atoms with Gasteiger partial charge in [0.05, 0.1) is 7.11 Å². The maximum absolute atomic E-state index is 13.6. The smallest absolute Gasteiger partial charge is 0.206 e. The van der Waals surface area contributed by atoms with E-state index in [2.05, 4.69) is 22.4 Å². The second-order valence-electron chi connectivity index (χ2n) is 3.69. The average Bonchev–Trinajstić information content (AvgIpc) is 2.85. The summed E-state index contributed by atoms with van der Waals surface area (Å²) in [4.78, 5) is 0. The Kier molecular flexibility index (Phi) is 4.09. The molecule has 0 aliphatic rings. The second-order valence-corrected chi connectivity index (χ2v) is 4.67. The number of nitrogens with one attached hydrogen (secondary N) is 1. The van der Waals surface area contributed by atoms with Crippen molar-refractivity contribution in [1.29, 1.82) is 0 Å². The van der Waals surface area contributed by atoms with E-state index in [1.54, 1.807) is 12.1 Å². The molecule has 4 nitrogen and oxygen atoms in total. The van der Waals surface area contributed by atoms with Crippen molar-refractivity contribution in [2.24, 2.45) is 0 Å². The van der Waals surface area contributed by atoms with Crippen LogP contribution in [0.3, 0.4) is 0 Å². The summed E-state index contributed by atoms with van der Waals surface area (Å²) >= 11 is 1.41. The minimum Gasteiger partial charge on any atom is -0.494 e. The Labute approximate surface area is 109 Å². The van der Waals surface area contributed by atoms with Gasteiger partial charge in [-0.1, -0.05) is 18.3 Å². The molecule has 0 saturated heterocycles. The predicted octanol–water partition coefficient (Wildman–Crippen LogP) is 3.17. The molecule has 1 aromatic heterocycles. The minimum atomic E-state index is -0.395. The van der Waals surface area contributed by atoms with Crippen molar-refractivity contribution in [3.8, 4) is 16.3 Å². The molecule has 0 unspecified atom stereocenters. The lowest BCUT2D eigenvalue weighted by Gasteiger charge is -2.02. The molecule has 18 heavy (non-hydrogen) atoms. The Morgan fingerprint density at radius 2 is 2.22 bits per heavy atom. The number of aromatic nitrogens is 2. The molecule has 0 saturated carbocycles. The van der Waals surface area contributed by atoms with Gasteiger partial charge in [0.2, 0.25) is 5.13 Å². The first-order valence-corrected chi connectivity index (χ1v) is 6.47. The van der Waals surface area contributed by atoms with Gasteiger partial charge in [0.1, 0.15) is 5.01 Å². The maximum atomic E-state index is 13.6. The van der Waals surface area contributed by atoms with E-state index in [0.717, 1.165) is 18.1 Å². The summed E-state index contributed by atoms with van der Waals surface area (Å²) in [5, 5.41) is 12.6. The van der Waals surface area contributed by atoms with E-state index in [1.165, 1.54) is 24.5 Å². The molecule has 6 heteroatoms. The van der Waals surface area contributed by atoms with Gasteiger partial charge in [-0.25, -0.2) is 4.39 Å². The van der Waals surface area contributed by atoms with E-state index in [4.69, 9.17) is 4.74 Å². The van der Waals surface area contributed by atoms with E-state index < -0.39 is 5.82 Å². The molecule has 2 aromatic rings. The van der Waals surface area contributed by atoms with Crippen LogP contribution in [0, 0.1) is 5.82 Å². The van der Waals surface area contributed by atoms with Crippen LogP contribution in [0.15, 0.2) is 18.2 Å². The normalized spacial score (nSPS) is 10.4. The zero-order valence-electron chi connectivity index (χ0n) is 10.2. The van der Waals surface area contributed by atoms with Crippen molar-refractivity contribution in [3.05, 3.63) is 24.0 Å². The van der Waals surface area contributed by atoms with E-state index in [-0.39, 0.29) is 5.75 Å². The molecular formula is C12H14FN3OS. The molecular weight excluding hydrogens is 253 g/mol. The molecule has 0 radical (unpaired) electrons. The number of hydrogen-bond acceptors (Lipinski definition) is 5. The summed E-state index contributed by atoms with van der Waals surface area (Å²) in [6.07, 6.45) is 1.02. The van der Waals surface area contributed by atoms with Crippen LogP contribution < -0.4 is 10.1 Å². The number of anilines is 1. The second kappa shape index (κ2) is 5.77. The molecule has 0 atom stereocenters. The highest BCUT2D eigenvalue weighted by molar-refractivity contribution is 7.18. The maximum Gasteiger partial charge on any atom is 0.206 e. The zero-order chi connectivity index (χ0) is 13.0. The Balaban J connectivity index is 2.20. The van der Waals surface area contributed by atoms with Crippen LogP contribution >= 0.6 is 11.3 Å². The largest absolute Gasteiger partial charge is 0.494 e. The number of benzene rings is 1. The van der Waals surface area contributed by atoms with Crippen molar-refractivity contribution < 1.29 is 9.13 Å². The first kappa shape index (κ1) is 12.8. The minimum absolute atomic E-state index is 0.229. The quantitative estimate of drug-likeness (QED) is 0.904. The van der Waals surface area contributed by atoms with Gasteiger partial charge < -0.3 is 10.1 Å². The van der Waals surface area contributed by atoms with Gasteiger partial charge in [-0.05, 0) is 24.6 Å². The molecule has 2 rings (SSSR count). The molecule has 1 N–H and O–H groups in total. The van der Waals surface area contributed by atoms with Gasteiger partial charge >= 0.3 is 0 Å². The first-order valence-electron chi connectivity index (χ1n) is 5.66. The summed E-state index contributed by atoms with van der Waals surface area (Å²) in [5.74, 6) is -0.166. The molecule has 0 spiro atoms. The molecule has 1 heterocycles. The summed E-state index contributed by atoms with van der Waals surface area (Å²) in [7, 11) is 1.44. The first-order chi connectivity index (χ1) is 8.74. The molecule has 0 amide bonds. The lowest BCUT2D eigenvalue weighted by Crippen LogP contribution is -1.98. The molecule has 96 valence electrons. The Hall–Kier alpha value is -1.69. The number of nitrogens with zero attached hydrogens (tertiary/aromatic N) is 2. The molecule has 0 bridgehead atoms. The Bertz CT molecular complexity index is 530. The van der Waals surface area contributed by atoms with Crippen LogP contribution in [0.25, 0.3) is 10.6 Å². The van der Waals surface area contributed by atoms with Crippen molar-refractivity contribution in [2.45, 2.75) is 13.3 Å². The van der Waals surface area contributed by atoms with Gasteiger partial charge in [0.15, 0.2) is 11.6 Å². The zero-order valence-corrected chi connectivity index (χ0v) is 11.1. The van der Waals surface area contributed by atoms with Crippen molar-refractivity contribution in [1.82, 2.24) is 10.2 Å². The summed E-state index contributed by atoms with van der Waals surface area (Å²) in [5.41, 5.74) is 0.704. The fourth-order valence-electron chi connectivity index (χ4n) is 1.44. The number of methoxy groups -OCH3 is 1. The molecule has 0 fully saturated rings. The monoisotopic (exact) mass is 267 g/mol. The summed E-state index contributed by atoms with van der Waals surface area (Å²) in [6.45, 7) is 2.93. The number of halogens is 1. The summed E-state index contributed by atoms with van der Waals surface area (Å²) in [6, 6.07) is 4.76. The fraction of sp³-hybridized carbons (Fsp3) is 0.333. The number of hydrogen-bond donors (Lipinski definition) is 1. The van der Waals surface area contributed by atoms with Crippen molar-refractivity contribution in [2.75, 3.05) is 19.0 Å². The fourth-order valence-corrected chi connectivity index (χ4v) is 2.21. The van der Waals surface area contributed by atoms with Gasteiger partial charge in [-0.3, -0.25) is 0 Å².